The average Bonchev–Trinajstić information content (AvgIpc) is 3.18. The predicted octanol–water partition coefficient (Wildman–Crippen LogP) is 12.4. The maximum atomic E-state index is 6.32. The van der Waals surface area contributed by atoms with Crippen LogP contribution in [0.1, 0.15) is 32.1 Å². The molecule has 0 aliphatic carbocycles. The molecular formula is C45H41ClN4O2. The van der Waals surface area contributed by atoms with Gasteiger partial charge in [0.1, 0.15) is 11.5 Å². The number of unbranched alkanes of at least 4 members (excludes halogenated alkanes) is 4. The fourth-order valence-electron chi connectivity index (χ4n) is 6.71. The number of ether oxygens (including phenoxy) is 2. The van der Waals surface area contributed by atoms with Crippen molar-refractivity contribution in [3.63, 3.8) is 0 Å². The molecule has 8 rings (SSSR count). The molecule has 0 saturated carbocycles. The van der Waals surface area contributed by atoms with Gasteiger partial charge in [0, 0.05) is 21.5 Å². The predicted molar refractivity (Wildman–Crippen MR) is 219 cm³/mol. The second kappa shape index (κ2) is 16.4. The van der Waals surface area contributed by atoms with Gasteiger partial charge in [-0.25, -0.2) is 9.97 Å². The monoisotopic (exact) mass is 704 g/mol. The van der Waals surface area contributed by atoms with Crippen LogP contribution in [0.15, 0.2) is 146 Å². The van der Waals surface area contributed by atoms with Crippen LogP contribution < -0.4 is 20.1 Å². The van der Waals surface area contributed by atoms with Gasteiger partial charge in [-0.3, -0.25) is 0 Å². The molecule has 6 nitrogen and oxygen atoms in total. The molecule has 2 aromatic heterocycles. The van der Waals surface area contributed by atoms with E-state index in [0.29, 0.717) is 13.2 Å². The van der Waals surface area contributed by atoms with Gasteiger partial charge in [-0.1, -0.05) is 116 Å². The highest BCUT2D eigenvalue weighted by Gasteiger charge is 2.13. The number of benzene rings is 6. The van der Waals surface area contributed by atoms with Crippen LogP contribution >= 0.6 is 12.4 Å². The Hall–Kier alpha value is -5.85. The summed E-state index contributed by atoms with van der Waals surface area (Å²) in [6, 6.07) is 49.4. The van der Waals surface area contributed by atoms with E-state index in [1.807, 2.05) is 60.7 Å². The first-order valence-corrected chi connectivity index (χ1v) is 17.8. The number of nitrogens with zero attached hydrogens (tertiary/aromatic N) is 2. The standard InChI is InChI=1S/C45H40N4O2.ClH/c1(2-16-30-50-42-28-14-12-26-40(42)48-44-32-18-4-8-22-36(32)46-37-23-9-5-19-33(37)44)3-17-31-51-43-29-15-13-27-41(43)49-45-34-20-6-10-24-38(34)47-39-25-11-7-21-35(39)45;/h4-15,18-29H,1-3,16-17,30-31H2,(H,46,48)(H,47,49);1H. The van der Waals surface area contributed by atoms with E-state index < -0.39 is 0 Å². The second-order valence-corrected chi connectivity index (χ2v) is 12.7. The van der Waals surface area contributed by atoms with Crippen molar-refractivity contribution in [2.24, 2.45) is 0 Å². The zero-order valence-electron chi connectivity index (χ0n) is 28.9. The first-order chi connectivity index (χ1) is 25.3. The molecule has 0 aliphatic rings. The molecular weight excluding hydrogens is 664 g/mol. The minimum atomic E-state index is 0. The molecule has 52 heavy (non-hydrogen) atoms. The van der Waals surface area contributed by atoms with Crippen molar-refractivity contribution in [2.45, 2.75) is 32.1 Å². The lowest BCUT2D eigenvalue weighted by atomic mass is 10.1. The first-order valence-electron chi connectivity index (χ1n) is 17.8. The van der Waals surface area contributed by atoms with Gasteiger partial charge in [-0.05, 0) is 61.4 Å². The number of rotatable bonds is 14. The van der Waals surface area contributed by atoms with Gasteiger partial charge in [0.25, 0.3) is 0 Å². The topological polar surface area (TPSA) is 68.3 Å². The maximum absolute atomic E-state index is 6.32. The number of hydrogen-bond donors (Lipinski definition) is 2. The van der Waals surface area contributed by atoms with E-state index in [4.69, 9.17) is 19.4 Å². The van der Waals surface area contributed by atoms with Gasteiger partial charge < -0.3 is 20.1 Å². The van der Waals surface area contributed by atoms with Crippen molar-refractivity contribution in [3.8, 4) is 11.5 Å². The molecule has 260 valence electrons. The molecule has 0 atom stereocenters. The summed E-state index contributed by atoms with van der Waals surface area (Å²) < 4.78 is 12.6. The number of aromatic nitrogens is 2. The van der Waals surface area contributed by atoms with Crippen LogP contribution in [0.5, 0.6) is 11.5 Å². The van der Waals surface area contributed by atoms with Crippen LogP contribution in [0.25, 0.3) is 43.6 Å². The molecule has 0 aliphatic heterocycles. The average molecular weight is 705 g/mol. The summed E-state index contributed by atoms with van der Waals surface area (Å²) in [6.45, 7) is 1.34. The zero-order chi connectivity index (χ0) is 34.2. The smallest absolute Gasteiger partial charge is 0.142 e. The maximum Gasteiger partial charge on any atom is 0.142 e. The summed E-state index contributed by atoms with van der Waals surface area (Å²) >= 11 is 0. The second-order valence-electron chi connectivity index (χ2n) is 12.7. The summed E-state index contributed by atoms with van der Waals surface area (Å²) in [6.07, 6.45) is 5.34. The summed E-state index contributed by atoms with van der Waals surface area (Å²) in [5, 5.41) is 11.7. The molecule has 2 N–H and O–H groups in total. The third kappa shape index (κ3) is 7.58. The number of pyridine rings is 2. The normalized spacial score (nSPS) is 11.1. The summed E-state index contributed by atoms with van der Waals surface area (Å²) in [5.41, 5.74) is 7.88. The zero-order valence-corrected chi connectivity index (χ0v) is 29.7. The van der Waals surface area contributed by atoms with Crippen LogP contribution in [0.2, 0.25) is 0 Å². The molecule has 8 aromatic rings. The van der Waals surface area contributed by atoms with E-state index in [1.54, 1.807) is 0 Å². The molecule has 2 heterocycles. The lowest BCUT2D eigenvalue weighted by Gasteiger charge is -2.17. The lowest BCUT2D eigenvalue weighted by Crippen LogP contribution is -2.03. The highest BCUT2D eigenvalue weighted by molar-refractivity contribution is 6.10. The Kier molecular flexibility index (Phi) is 10.9. The Morgan fingerprint density at radius 3 is 1.06 bits per heavy atom. The van der Waals surface area contributed by atoms with Crippen molar-refractivity contribution in [2.75, 3.05) is 23.8 Å². The van der Waals surface area contributed by atoms with Gasteiger partial charge in [0.15, 0.2) is 0 Å². The van der Waals surface area contributed by atoms with Crippen molar-refractivity contribution < 1.29 is 9.47 Å². The Morgan fingerprint density at radius 1 is 0.365 bits per heavy atom. The van der Waals surface area contributed by atoms with Crippen molar-refractivity contribution >= 4 is 78.8 Å². The third-order valence-electron chi connectivity index (χ3n) is 9.27. The fourth-order valence-corrected chi connectivity index (χ4v) is 6.71. The molecule has 7 heteroatoms. The van der Waals surface area contributed by atoms with E-state index in [0.717, 1.165) is 110 Å². The third-order valence-corrected chi connectivity index (χ3v) is 9.27. The number of para-hydroxylation sites is 8. The quantitative estimate of drug-likeness (QED) is 0.0867. The van der Waals surface area contributed by atoms with E-state index in [2.05, 4.69) is 95.6 Å². The largest absolute Gasteiger partial charge is 0.491 e. The van der Waals surface area contributed by atoms with Gasteiger partial charge in [-0.2, -0.15) is 0 Å². The Morgan fingerprint density at radius 2 is 0.673 bits per heavy atom. The first kappa shape index (κ1) is 34.6. The van der Waals surface area contributed by atoms with E-state index >= 15 is 0 Å². The summed E-state index contributed by atoms with van der Waals surface area (Å²) in [7, 11) is 0. The van der Waals surface area contributed by atoms with Crippen LogP contribution in [0.3, 0.4) is 0 Å². The fraction of sp³-hybridized carbons (Fsp3) is 0.156. The minimum Gasteiger partial charge on any atom is -0.491 e. The highest BCUT2D eigenvalue weighted by Crippen LogP contribution is 2.37. The highest BCUT2D eigenvalue weighted by atomic mass is 35.5. The number of anilines is 4. The molecule has 0 fully saturated rings. The van der Waals surface area contributed by atoms with Crippen LogP contribution in [-0.4, -0.2) is 23.2 Å². The molecule has 0 amide bonds. The van der Waals surface area contributed by atoms with Crippen molar-refractivity contribution in [3.05, 3.63) is 146 Å². The van der Waals surface area contributed by atoms with E-state index in [-0.39, 0.29) is 12.4 Å². The molecule has 0 radical (unpaired) electrons. The van der Waals surface area contributed by atoms with E-state index in [1.165, 1.54) is 0 Å². The van der Waals surface area contributed by atoms with Gasteiger partial charge >= 0.3 is 0 Å². The van der Waals surface area contributed by atoms with Crippen LogP contribution in [0, 0.1) is 0 Å². The molecule has 6 aromatic carbocycles. The number of nitrogens with one attached hydrogen (secondary N) is 2. The van der Waals surface area contributed by atoms with Crippen molar-refractivity contribution in [1.82, 2.24) is 9.97 Å². The number of fused-ring (bicyclic) bond motifs is 4. The Bertz CT molecular complexity index is 2170. The Balaban J connectivity index is 0.00000420. The molecule has 0 spiro atoms. The number of halogens is 1. The minimum absolute atomic E-state index is 0. The van der Waals surface area contributed by atoms with Crippen LogP contribution in [-0.2, 0) is 0 Å². The summed E-state index contributed by atoms with van der Waals surface area (Å²) in [5.74, 6) is 1.71. The summed E-state index contributed by atoms with van der Waals surface area (Å²) in [4.78, 5) is 9.74. The molecule has 0 saturated heterocycles. The van der Waals surface area contributed by atoms with Gasteiger partial charge in [0.2, 0.25) is 0 Å². The Labute approximate surface area is 310 Å². The number of hydrogen-bond acceptors (Lipinski definition) is 6. The van der Waals surface area contributed by atoms with Gasteiger partial charge in [0.05, 0.1) is 58.0 Å². The van der Waals surface area contributed by atoms with Crippen LogP contribution in [0.4, 0.5) is 22.7 Å². The molecule has 0 unspecified atom stereocenters. The molecule has 0 bridgehead atoms. The van der Waals surface area contributed by atoms with Crippen molar-refractivity contribution in [1.29, 1.82) is 0 Å². The van der Waals surface area contributed by atoms with Gasteiger partial charge in [-0.15, -0.1) is 12.4 Å². The lowest BCUT2D eigenvalue weighted by molar-refractivity contribution is 0.295. The van der Waals surface area contributed by atoms with E-state index in [9.17, 15) is 0 Å². The SMILES string of the molecule is Cl.c1ccc(OCCCCCCCOc2ccccc2Nc2c3ccccc3nc3ccccc23)c(Nc2c3ccccc3nc3ccccc23)c1.